The van der Waals surface area contributed by atoms with Gasteiger partial charge in [0.2, 0.25) is 5.88 Å². The van der Waals surface area contributed by atoms with Crippen LogP contribution in [0.5, 0.6) is 5.88 Å². The largest absolute Gasteiger partial charge is 0.477 e. The van der Waals surface area contributed by atoms with E-state index in [0.717, 1.165) is 19.6 Å². The van der Waals surface area contributed by atoms with E-state index in [9.17, 15) is 0 Å². The predicted octanol–water partition coefficient (Wildman–Crippen LogP) is 0.781. The van der Waals surface area contributed by atoms with Crippen LogP contribution in [-0.4, -0.2) is 30.6 Å². The molecule has 1 aromatic heterocycles. The van der Waals surface area contributed by atoms with Crippen molar-refractivity contribution in [3.8, 4) is 5.88 Å². The summed E-state index contributed by atoms with van der Waals surface area (Å²) in [4.78, 5) is 4.08. The lowest BCUT2D eigenvalue weighted by Crippen LogP contribution is -2.17. The van der Waals surface area contributed by atoms with E-state index in [4.69, 9.17) is 20.6 Å². The zero-order valence-corrected chi connectivity index (χ0v) is 8.98. The highest BCUT2D eigenvalue weighted by Crippen LogP contribution is 2.17. The van der Waals surface area contributed by atoms with Gasteiger partial charge in [0.15, 0.2) is 0 Å². The van der Waals surface area contributed by atoms with Crippen molar-refractivity contribution in [3.05, 3.63) is 23.9 Å². The summed E-state index contributed by atoms with van der Waals surface area (Å²) in [5, 5.41) is 7.40. The normalized spacial score (nSPS) is 19.6. The molecule has 1 fully saturated rings. The van der Waals surface area contributed by atoms with Gasteiger partial charge < -0.3 is 15.2 Å². The van der Waals surface area contributed by atoms with Gasteiger partial charge in [0.05, 0.1) is 18.8 Å². The molecule has 0 aliphatic carbocycles. The fourth-order valence-corrected chi connectivity index (χ4v) is 1.62. The van der Waals surface area contributed by atoms with Gasteiger partial charge in [-0.05, 0) is 18.6 Å². The molecule has 0 amide bonds. The van der Waals surface area contributed by atoms with Crippen LogP contribution >= 0.6 is 0 Å². The lowest BCUT2D eigenvalue weighted by Gasteiger charge is -2.11. The molecule has 86 valence electrons. The van der Waals surface area contributed by atoms with Crippen molar-refractivity contribution in [1.29, 1.82) is 5.41 Å². The third kappa shape index (κ3) is 2.49. The quantitative estimate of drug-likeness (QED) is 0.581. The van der Waals surface area contributed by atoms with E-state index in [2.05, 4.69) is 4.98 Å². The first kappa shape index (κ1) is 10.9. The van der Waals surface area contributed by atoms with E-state index < -0.39 is 0 Å². The molecule has 0 bridgehead atoms. The van der Waals surface area contributed by atoms with Crippen LogP contribution in [0, 0.1) is 11.3 Å². The molecule has 0 spiro atoms. The molecule has 0 radical (unpaired) electrons. The van der Waals surface area contributed by atoms with Gasteiger partial charge in [-0.3, -0.25) is 5.41 Å². The van der Waals surface area contributed by atoms with Crippen molar-refractivity contribution in [1.82, 2.24) is 4.98 Å². The van der Waals surface area contributed by atoms with E-state index in [1.807, 2.05) is 0 Å². The van der Waals surface area contributed by atoms with Gasteiger partial charge in [-0.15, -0.1) is 0 Å². The van der Waals surface area contributed by atoms with Crippen molar-refractivity contribution >= 4 is 5.84 Å². The summed E-state index contributed by atoms with van der Waals surface area (Å²) in [6.07, 6.45) is 2.65. The fraction of sp³-hybridized carbons (Fsp3) is 0.455. The Kier molecular flexibility index (Phi) is 3.36. The zero-order chi connectivity index (χ0) is 11.4. The predicted molar refractivity (Wildman–Crippen MR) is 59.7 cm³/mol. The van der Waals surface area contributed by atoms with Crippen LogP contribution in [-0.2, 0) is 4.74 Å². The number of nitrogens with two attached hydrogens (primary N) is 1. The molecule has 16 heavy (non-hydrogen) atoms. The SMILES string of the molecule is N=C(N)c1cccnc1OCC1CCOC1. The second-order valence-corrected chi connectivity index (χ2v) is 3.81. The topological polar surface area (TPSA) is 81.2 Å². The van der Waals surface area contributed by atoms with E-state index in [1.54, 1.807) is 18.3 Å². The minimum atomic E-state index is -0.0224. The fourth-order valence-electron chi connectivity index (χ4n) is 1.62. The van der Waals surface area contributed by atoms with Gasteiger partial charge in [0.25, 0.3) is 0 Å². The smallest absolute Gasteiger partial charge is 0.224 e. The van der Waals surface area contributed by atoms with Crippen molar-refractivity contribution in [3.63, 3.8) is 0 Å². The van der Waals surface area contributed by atoms with Gasteiger partial charge in [0, 0.05) is 18.7 Å². The van der Waals surface area contributed by atoms with Gasteiger partial charge in [-0.2, -0.15) is 0 Å². The van der Waals surface area contributed by atoms with Crippen molar-refractivity contribution in [2.75, 3.05) is 19.8 Å². The first-order valence-corrected chi connectivity index (χ1v) is 5.27. The maximum Gasteiger partial charge on any atom is 0.224 e. The monoisotopic (exact) mass is 221 g/mol. The average molecular weight is 221 g/mol. The van der Waals surface area contributed by atoms with Crippen molar-refractivity contribution in [2.24, 2.45) is 11.7 Å². The molecule has 0 aromatic carbocycles. The average Bonchev–Trinajstić information content (AvgIpc) is 2.79. The number of amidine groups is 1. The Morgan fingerprint density at radius 1 is 1.69 bits per heavy atom. The molecule has 1 atom stereocenters. The van der Waals surface area contributed by atoms with Crippen LogP contribution in [0.15, 0.2) is 18.3 Å². The standard InChI is InChI=1S/C11H15N3O2/c12-10(13)9-2-1-4-14-11(9)16-7-8-3-5-15-6-8/h1-2,4,8H,3,5-7H2,(H3,12,13). The number of nitrogens with one attached hydrogen (secondary N) is 1. The van der Waals surface area contributed by atoms with Crippen LogP contribution in [0.1, 0.15) is 12.0 Å². The molecular formula is C11H15N3O2. The van der Waals surface area contributed by atoms with Crippen LogP contribution in [0.4, 0.5) is 0 Å². The summed E-state index contributed by atoms with van der Waals surface area (Å²) < 4.78 is 10.8. The number of hydrogen-bond donors (Lipinski definition) is 2. The Bertz CT molecular complexity index is 375. The molecule has 1 unspecified atom stereocenters. The summed E-state index contributed by atoms with van der Waals surface area (Å²) in [6.45, 7) is 2.11. The summed E-state index contributed by atoms with van der Waals surface area (Å²) in [5.41, 5.74) is 5.98. The maximum atomic E-state index is 7.40. The molecule has 2 heterocycles. The minimum Gasteiger partial charge on any atom is -0.477 e. The number of aromatic nitrogens is 1. The summed E-state index contributed by atoms with van der Waals surface area (Å²) in [6, 6.07) is 3.47. The maximum absolute atomic E-state index is 7.40. The number of rotatable bonds is 4. The molecular weight excluding hydrogens is 206 g/mol. The van der Waals surface area contributed by atoms with Crippen LogP contribution < -0.4 is 10.5 Å². The zero-order valence-electron chi connectivity index (χ0n) is 8.98. The van der Waals surface area contributed by atoms with Gasteiger partial charge in [-0.1, -0.05) is 0 Å². The molecule has 1 aromatic rings. The number of nitrogens with zero attached hydrogens (tertiary/aromatic N) is 1. The van der Waals surface area contributed by atoms with Crippen molar-refractivity contribution < 1.29 is 9.47 Å². The molecule has 5 heteroatoms. The lowest BCUT2D eigenvalue weighted by atomic mass is 10.1. The third-order valence-electron chi connectivity index (χ3n) is 2.54. The first-order valence-electron chi connectivity index (χ1n) is 5.27. The van der Waals surface area contributed by atoms with Gasteiger partial charge in [-0.25, -0.2) is 4.98 Å². The number of hydrogen-bond acceptors (Lipinski definition) is 4. The molecule has 1 saturated heterocycles. The van der Waals surface area contributed by atoms with E-state index >= 15 is 0 Å². The molecule has 3 N–H and O–H groups in total. The summed E-state index contributed by atoms with van der Waals surface area (Å²) in [5.74, 6) is 0.828. The highest BCUT2D eigenvalue weighted by molar-refractivity contribution is 5.96. The number of pyridine rings is 1. The highest BCUT2D eigenvalue weighted by Gasteiger charge is 2.17. The van der Waals surface area contributed by atoms with E-state index in [1.165, 1.54) is 0 Å². The summed E-state index contributed by atoms with van der Waals surface area (Å²) in [7, 11) is 0. The van der Waals surface area contributed by atoms with Gasteiger partial charge in [0.1, 0.15) is 5.84 Å². The molecule has 0 saturated carbocycles. The van der Waals surface area contributed by atoms with Crippen LogP contribution in [0.3, 0.4) is 0 Å². The van der Waals surface area contributed by atoms with Crippen LogP contribution in [0.2, 0.25) is 0 Å². The molecule has 1 aliphatic heterocycles. The van der Waals surface area contributed by atoms with Gasteiger partial charge >= 0.3 is 0 Å². The van der Waals surface area contributed by atoms with Crippen molar-refractivity contribution in [2.45, 2.75) is 6.42 Å². The van der Waals surface area contributed by atoms with E-state index in [-0.39, 0.29) is 5.84 Å². The highest BCUT2D eigenvalue weighted by atomic mass is 16.5. The second kappa shape index (κ2) is 4.94. The Hall–Kier alpha value is -1.62. The Balaban J connectivity index is 2.00. The number of nitrogen functional groups attached to an aromatic ring is 1. The summed E-state index contributed by atoms with van der Waals surface area (Å²) >= 11 is 0. The Morgan fingerprint density at radius 3 is 3.25 bits per heavy atom. The molecule has 1 aliphatic rings. The Labute approximate surface area is 94.1 Å². The van der Waals surface area contributed by atoms with E-state index in [0.29, 0.717) is 24.0 Å². The van der Waals surface area contributed by atoms with Crippen LogP contribution in [0.25, 0.3) is 0 Å². The number of ether oxygens (including phenoxy) is 2. The lowest BCUT2D eigenvalue weighted by molar-refractivity contribution is 0.165. The minimum absolute atomic E-state index is 0.0224. The third-order valence-corrected chi connectivity index (χ3v) is 2.54. The Morgan fingerprint density at radius 2 is 2.56 bits per heavy atom. The molecule has 2 rings (SSSR count). The first-order chi connectivity index (χ1) is 7.77. The second-order valence-electron chi connectivity index (χ2n) is 3.81. The molecule has 5 nitrogen and oxygen atoms in total.